The third kappa shape index (κ3) is 1.21. The van der Waals surface area contributed by atoms with Crippen molar-refractivity contribution in [3.05, 3.63) is 29.7 Å². The van der Waals surface area contributed by atoms with Gasteiger partial charge in [0.2, 0.25) is 0 Å². The first kappa shape index (κ1) is 8.63. The Labute approximate surface area is 78.4 Å². The van der Waals surface area contributed by atoms with Crippen molar-refractivity contribution in [2.75, 3.05) is 0 Å². The lowest BCUT2D eigenvalue weighted by atomic mass is 10.4. The summed E-state index contributed by atoms with van der Waals surface area (Å²) in [7, 11) is 0. The second-order valence-corrected chi connectivity index (χ2v) is 2.61. The van der Waals surface area contributed by atoms with E-state index in [4.69, 9.17) is 6.42 Å². The Morgan fingerprint density at radius 1 is 1.50 bits per heavy atom. The Morgan fingerprint density at radius 3 is 2.93 bits per heavy atom. The van der Waals surface area contributed by atoms with Gasteiger partial charge in [-0.25, -0.2) is 18.3 Å². The lowest BCUT2D eigenvalue weighted by Crippen LogP contribution is -1.99. The van der Waals surface area contributed by atoms with Gasteiger partial charge in [-0.1, -0.05) is 0 Å². The molecule has 0 saturated heterocycles. The van der Waals surface area contributed by atoms with Gasteiger partial charge in [-0.3, -0.25) is 0 Å². The number of hydrogen-bond donors (Lipinski definition) is 0. The van der Waals surface area contributed by atoms with Crippen LogP contribution in [0.2, 0.25) is 0 Å². The molecule has 0 atom stereocenters. The second kappa shape index (κ2) is 3.07. The first-order valence-electron chi connectivity index (χ1n) is 3.82. The summed E-state index contributed by atoms with van der Waals surface area (Å²) in [5.41, 5.74) is 0.415. The molecule has 0 N–H and O–H groups in total. The van der Waals surface area contributed by atoms with Crippen LogP contribution in [0.5, 0.6) is 0 Å². The predicted molar refractivity (Wildman–Crippen MR) is 45.9 cm³/mol. The van der Waals surface area contributed by atoms with Crippen LogP contribution in [-0.2, 0) is 0 Å². The molecule has 5 heteroatoms. The van der Waals surface area contributed by atoms with Crippen LogP contribution in [0.1, 0.15) is 17.8 Å². The molecule has 0 aliphatic heterocycles. The molecule has 3 nitrogen and oxygen atoms in total. The summed E-state index contributed by atoms with van der Waals surface area (Å²) >= 11 is 0. The van der Waals surface area contributed by atoms with Gasteiger partial charge in [0, 0.05) is 12.3 Å². The molecule has 0 radical (unpaired) electrons. The van der Waals surface area contributed by atoms with Crippen molar-refractivity contribution in [2.45, 2.75) is 6.43 Å². The summed E-state index contributed by atoms with van der Waals surface area (Å²) in [5, 5.41) is 3.79. The van der Waals surface area contributed by atoms with E-state index in [2.05, 4.69) is 16.0 Å². The molecule has 2 rings (SSSR count). The number of rotatable bonds is 1. The molecule has 70 valence electrons. The van der Waals surface area contributed by atoms with E-state index in [1.165, 1.54) is 18.3 Å². The molecule has 0 saturated carbocycles. The monoisotopic (exact) mass is 193 g/mol. The Hall–Kier alpha value is -1.96. The number of aromatic nitrogens is 3. The minimum absolute atomic E-state index is 0.212. The van der Waals surface area contributed by atoms with Crippen molar-refractivity contribution >= 4 is 5.65 Å². The molecule has 0 fully saturated rings. The van der Waals surface area contributed by atoms with Crippen LogP contribution in [0.3, 0.4) is 0 Å². The lowest BCUT2D eigenvalue weighted by molar-refractivity contribution is 0.143. The highest BCUT2D eigenvalue weighted by Gasteiger charge is 2.13. The Morgan fingerprint density at radius 2 is 2.29 bits per heavy atom. The van der Waals surface area contributed by atoms with E-state index in [1.54, 1.807) is 0 Å². The van der Waals surface area contributed by atoms with Gasteiger partial charge in [-0.2, -0.15) is 5.10 Å². The highest BCUT2D eigenvalue weighted by Crippen LogP contribution is 2.18. The highest BCUT2D eigenvalue weighted by atomic mass is 19.3. The van der Waals surface area contributed by atoms with Gasteiger partial charge < -0.3 is 0 Å². The van der Waals surface area contributed by atoms with E-state index >= 15 is 0 Å². The molecular formula is C9H5F2N3. The Balaban J connectivity index is 2.74. The van der Waals surface area contributed by atoms with E-state index in [9.17, 15) is 8.78 Å². The molecule has 0 spiro atoms. The third-order valence-electron chi connectivity index (χ3n) is 1.76. The van der Waals surface area contributed by atoms with E-state index in [0.29, 0.717) is 11.3 Å². The topological polar surface area (TPSA) is 30.2 Å². The van der Waals surface area contributed by atoms with Crippen molar-refractivity contribution in [1.82, 2.24) is 14.6 Å². The van der Waals surface area contributed by atoms with Crippen molar-refractivity contribution < 1.29 is 8.78 Å². The zero-order valence-electron chi connectivity index (χ0n) is 6.98. The minimum Gasteiger partial charge on any atom is -0.237 e. The van der Waals surface area contributed by atoms with Gasteiger partial charge in [0.05, 0.1) is 0 Å². The fourth-order valence-corrected chi connectivity index (χ4v) is 1.15. The maximum absolute atomic E-state index is 12.5. The van der Waals surface area contributed by atoms with E-state index < -0.39 is 6.43 Å². The number of alkyl halides is 2. The molecule has 0 aliphatic rings. The van der Waals surface area contributed by atoms with Gasteiger partial charge in [-0.15, -0.1) is 6.42 Å². The van der Waals surface area contributed by atoms with Gasteiger partial charge in [0.25, 0.3) is 6.43 Å². The summed E-state index contributed by atoms with van der Waals surface area (Å²) in [5.74, 6) is 2.27. The molecule has 2 aromatic rings. The molecule has 0 unspecified atom stereocenters. The fourth-order valence-electron chi connectivity index (χ4n) is 1.15. The maximum atomic E-state index is 12.5. The molecule has 2 aromatic heterocycles. The third-order valence-corrected chi connectivity index (χ3v) is 1.76. The van der Waals surface area contributed by atoms with Crippen LogP contribution in [-0.4, -0.2) is 14.6 Å². The van der Waals surface area contributed by atoms with Crippen LogP contribution >= 0.6 is 0 Å². The summed E-state index contributed by atoms with van der Waals surface area (Å²) in [4.78, 5) is 3.86. The molecular weight excluding hydrogens is 188 g/mol. The fraction of sp³-hybridized carbons (Fsp3) is 0.111. The normalized spacial score (nSPS) is 10.7. The predicted octanol–water partition coefficient (Wildman–Crippen LogP) is 1.65. The largest absolute Gasteiger partial charge is 0.280 e. The van der Waals surface area contributed by atoms with E-state index in [1.807, 2.05) is 0 Å². The standard InChI is InChI=1S/C9H5F2N3/c1-2-6-5-8-12-4-3-7(9(10)11)14(8)13-6/h1,3-5,9H. The van der Waals surface area contributed by atoms with Crippen LogP contribution < -0.4 is 0 Å². The number of halogens is 2. The van der Waals surface area contributed by atoms with Crippen LogP contribution in [0.4, 0.5) is 8.78 Å². The van der Waals surface area contributed by atoms with Crippen LogP contribution in [0.25, 0.3) is 5.65 Å². The SMILES string of the molecule is C#Cc1cc2nccc(C(F)F)n2n1. The summed E-state index contributed by atoms with van der Waals surface area (Å²) in [6, 6.07) is 2.69. The van der Waals surface area contributed by atoms with Crippen molar-refractivity contribution in [3.8, 4) is 12.3 Å². The molecule has 2 heterocycles. The molecule has 0 aromatic carbocycles. The quantitative estimate of drug-likeness (QED) is 0.644. The number of terminal acetylenes is 1. The van der Waals surface area contributed by atoms with Crippen molar-refractivity contribution in [3.63, 3.8) is 0 Å². The van der Waals surface area contributed by atoms with Gasteiger partial charge in [0.1, 0.15) is 11.4 Å². The Kier molecular flexibility index (Phi) is 1.89. The first-order chi connectivity index (χ1) is 6.72. The minimum atomic E-state index is -2.59. The van der Waals surface area contributed by atoms with Crippen molar-refractivity contribution in [1.29, 1.82) is 0 Å². The zero-order chi connectivity index (χ0) is 10.1. The second-order valence-electron chi connectivity index (χ2n) is 2.61. The summed E-state index contributed by atoms with van der Waals surface area (Å²) < 4.78 is 26.0. The van der Waals surface area contributed by atoms with Crippen LogP contribution in [0.15, 0.2) is 18.3 Å². The summed E-state index contributed by atoms with van der Waals surface area (Å²) in [6.07, 6.45) is 3.81. The molecule has 0 bridgehead atoms. The number of nitrogens with zero attached hydrogens (tertiary/aromatic N) is 3. The Bertz CT molecular complexity index is 510. The van der Waals surface area contributed by atoms with Gasteiger partial charge in [0.15, 0.2) is 5.65 Å². The highest BCUT2D eigenvalue weighted by molar-refractivity contribution is 5.44. The average molecular weight is 193 g/mol. The smallest absolute Gasteiger partial charge is 0.237 e. The van der Waals surface area contributed by atoms with Gasteiger partial charge in [-0.05, 0) is 12.0 Å². The van der Waals surface area contributed by atoms with Crippen LogP contribution in [0, 0.1) is 12.3 Å². The van der Waals surface area contributed by atoms with E-state index in [0.717, 1.165) is 4.52 Å². The molecule has 0 amide bonds. The molecule has 14 heavy (non-hydrogen) atoms. The van der Waals surface area contributed by atoms with E-state index in [-0.39, 0.29) is 5.69 Å². The average Bonchev–Trinajstić information content (AvgIpc) is 2.59. The summed E-state index contributed by atoms with van der Waals surface area (Å²) in [6.45, 7) is 0. The van der Waals surface area contributed by atoms with Gasteiger partial charge >= 0.3 is 0 Å². The lowest BCUT2D eigenvalue weighted by Gasteiger charge is -2.00. The molecule has 0 aliphatic carbocycles. The maximum Gasteiger partial charge on any atom is 0.280 e. The number of fused-ring (bicyclic) bond motifs is 1. The van der Waals surface area contributed by atoms with Crippen molar-refractivity contribution in [2.24, 2.45) is 0 Å². The number of hydrogen-bond acceptors (Lipinski definition) is 2. The first-order valence-corrected chi connectivity index (χ1v) is 3.82. The zero-order valence-corrected chi connectivity index (χ0v) is 6.98.